The van der Waals surface area contributed by atoms with E-state index in [0.717, 1.165) is 6.42 Å². The van der Waals surface area contributed by atoms with Crippen molar-refractivity contribution in [1.29, 1.82) is 0 Å². The first-order chi connectivity index (χ1) is 8.16. The number of urea groups is 1. The third-order valence-corrected chi connectivity index (χ3v) is 3.34. The molecule has 1 heterocycles. The number of nitrogens with zero attached hydrogens (tertiary/aromatic N) is 2. The molecule has 3 N–H and O–H groups in total. The van der Waals surface area contributed by atoms with E-state index in [1.807, 2.05) is 0 Å². The third-order valence-electron chi connectivity index (χ3n) is 2.73. The van der Waals surface area contributed by atoms with Gasteiger partial charge in [-0.2, -0.15) is 0 Å². The number of anilines is 1. The second kappa shape index (κ2) is 5.09. The largest absolute Gasteiger partial charge is 0.481 e. The lowest BCUT2D eigenvalue weighted by molar-refractivity contribution is -0.142. The summed E-state index contributed by atoms with van der Waals surface area (Å²) < 4.78 is 0. The summed E-state index contributed by atoms with van der Waals surface area (Å²) in [7, 11) is 0. The molecule has 8 heteroatoms. The Bertz CT molecular complexity index is 408. The molecule has 92 valence electrons. The van der Waals surface area contributed by atoms with Crippen LogP contribution in [0.3, 0.4) is 0 Å². The zero-order valence-electron chi connectivity index (χ0n) is 8.92. The van der Waals surface area contributed by atoms with E-state index in [2.05, 4.69) is 20.8 Å². The number of hydrogen-bond donors (Lipinski definition) is 3. The number of amides is 2. The van der Waals surface area contributed by atoms with Crippen LogP contribution in [-0.2, 0) is 4.79 Å². The molecule has 2 unspecified atom stereocenters. The molecule has 0 bridgehead atoms. The van der Waals surface area contributed by atoms with Gasteiger partial charge in [0.05, 0.1) is 5.92 Å². The van der Waals surface area contributed by atoms with Gasteiger partial charge in [-0.1, -0.05) is 17.8 Å². The lowest BCUT2D eigenvalue weighted by Crippen LogP contribution is -2.42. The van der Waals surface area contributed by atoms with Crippen molar-refractivity contribution in [2.75, 3.05) is 5.32 Å². The van der Waals surface area contributed by atoms with Gasteiger partial charge in [-0.15, -0.1) is 10.2 Å². The first-order valence-electron chi connectivity index (χ1n) is 5.23. The predicted molar refractivity (Wildman–Crippen MR) is 60.8 cm³/mol. The summed E-state index contributed by atoms with van der Waals surface area (Å²) in [5.41, 5.74) is 1.51. The Labute approximate surface area is 101 Å². The van der Waals surface area contributed by atoms with E-state index in [0.29, 0.717) is 18.0 Å². The van der Waals surface area contributed by atoms with E-state index < -0.39 is 17.9 Å². The molecule has 0 spiro atoms. The van der Waals surface area contributed by atoms with Crippen LogP contribution in [-0.4, -0.2) is 33.3 Å². The molecule has 0 aromatic carbocycles. The first kappa shape index (κ1) is 11.8. The Morgan fingerprint density at radius 3 is 2.94 bits per heavy atom. The molecule has 2 rings (SSSR count). The van der Waals surface area contributed by atoms with Crippen molar-refractivity contribution in [2.24, 2.45) is 5.92 Å². The van der Waals surface area contributed by atoms with Crippen molar-refractivity contribution in [3.05, 3.63) is 5.51 Å². The highest BCUT2D eigenvalue weighted by Crippen LogP contribution is 2.25. The van der Waals surface area contributed by atoms with Crippen molar-refractivity contribution in [3.63, 3.8) is 0 Å². The van der Waals surface area contributed by atoms with Crippen LogP contribution < -0.4 is 10.6 Å². The number of rotatable bonds is 3. The van der Waals surface area contributed by atoms with Crippen molar-refractivity contribution in [1.82, 2.24) is 15.5 Å². The maximum atomic E-state index is 11.6. The number of carboxylic acid groups (broad SMARTS) is 1. The minimum absolute atomic E-state index is 0.305. The van der Waals surface area contributed by atoms with Crippen LogP contribution in [0.15, 0.2) is 5.51 Å². The average Bonchev–Trinajstić information content (AvgIpc) is 2.88. The quantitative estimate of drug-likeness (QED) is 0.745. The van der Waals surface area contributed by atoms with Crippen molar-refractivity contribution in [2.45, 2.75) is 25.3 Å². The highest BCUT2D eigenvalue weighted by atomic mass is 32.1. The minimum atomic E-state index is -0.858. The van der Waals surface area contributed by atoms with Gasteiger partial charge in [0.1, 0.15) is 5.51 Å². The van der Waals surface area contributed by atoms with Crippen molar-refractivity contribution < 1.29 is 14.7 Å². The molecule has 2 atom stereocenters. The van der Waals surface area contributed by atoms with Gasteiger partial charge in [0.25, 0.3) is 0 Å². The Balaban J connectivity index is 1.88. The van der Waals surface area contributed by atoms with E-state index in [4.69, 9.17) is 5.11 Å². The van der Waals surface area contributed by atoms with Gasteiger partial charge in [-0.25, -0.2) is 4.79 Å². The van der Waals surface area contributed by atoms with E-state index in [1.54, 1.807) is 0 Å². The molecule has 0 aliphatic heterocycles. The van der Waals surface area contributed by atoms with Crippen molar-refractivity contribution >= 4 is 28.5 Å². The highest BCUT2D eigenvalue weighted by molar-refractivity contribution is 7.13. The Morgan fingerprint density at radius 2 is 2.29 bits per heavy atom. The molecular formula is C9H12N4O3S. The summed E-state index contributed by atoms with van der Waals surface area (Å²) >= 11 is 1.21. The summed E-state index contributed by atoms with van der Waals surface area (Å²) in [6.45, 7) is 0. The Kier molecular flexibility index (Phi) is 3.52. The van der Waals surface area contributed by atoms with Crippen LogP contribution in [0.25, 0.3) is 0 Å². The summed E-state index contributed by atoms with van der Waals surface area (Å²) in [5.74, 6) is -1.35. The van der Waals surface area contributed by atoms with Gasteiger partial charge in [0.2, 0.25) is 5.13 Å². The topological polar surface area (TPSA) is 104 Å². The minimum Gasteiger partial charge on any atom is -0.481 e. The maximum absolute atomic E-state index is 11.6. The van der Waals surface area contributed by atoms with E-state index >= 15 is 0 Å². The fourth-order valence-electron chi connectivity index (χ4n) is 1.96. The lowest BCUT2D eigenvalue weighted by Gasteiger charge is -2.17. The Hall–Kier alpha value is -1.70. The lowest BCUT2D eigenvalue weighted by atomic mass is 10.0. The molecule has 17 heavy (non-hydrogen) atoms. The van der Waals surface area contributed by atoms with Crippen LogP contribution in [0.4, 0.5) is 9.93 Å². The van der Waals surface area contributed by atoms with Crippen LogP contribution >= 0.6 is 11.3 Å². The van der Waals surface area contributed by atoms with E-state index in [-0.39, 0.29) is 6.04 Å². The Morgan fingerprint density at radius 1 is 1.47 bits per heavy atom. The molecule has 2 amide bonds. The number of nitrogens with one attached hydrogen (secondary N) is 2. The van der Waals surface area contributed by atoms with Gasteiger partial charge < -0.3 is 10.4 Å². The van der Waals surface area contributed by atoms with Gasteiger partial charge >= 0.3 is 12.0 Å². The van der Waals surface area contributed by atoms with Gasteiger partial charge in [0, 0.05) is 6.04 Å². The van der Waals surface area contributed by atoms with Crippen LogP contribution in [0.1, 0.15) is 19.3 Å². The fourth-order valence-corrected chi connectivity index (χ4v) is 2.40. The number of aromatic nitrogens is 2. The molecule has 1 aromatic heterocycles. The highest BCUT2D eigenvalue weighted by Gasteiger charge is 2.33. The summed E-state index contributed by atoms with van der Waals surface area (Å²) in [6.07, 6.45) is 2.13. The summed E-state index contributed by atoms with van der Waals surface area (Å²) in [6, 6.07) is -0.736. The standard InChI is InChI=1S/C9H12N4O3S/c14-7(15)5-2-1-3-6(5)11-8(16)12-9-13-10-4-17-9/h4-6H,1-3H2,(H,14,15)(H2,11,12,13,16). The van der Waals surface area contributed by atoms with E-state index in [9.17, 15) is 9.59 Å². The normalized spacial score (nSPS) is 23.3. The molecule has 7 nitrogen and oxygen atoms in total. The molecule has 1 saturated carbocycles. The molecule has 1 fully saturated rings. The second-order valence-corrected chi connectivity index (χ2v) is 4.66. The SMILES string of the molecule is O=C(Nc1nncs1)NC1CCCC1C(=O)O. The predicted octanol–water partition coefficient (Wildman–Crippen LogP) is 0.913. The van der Waals surface area contributed by atoms with Gasteiger partial charge in [-0.3, -0.25) is 10.1 Å². The van der Waals surface area contributed by atoms with Crippen LogP contribution in [0.2, 0.25) is 0 Å². The van der Waals surface area contributed by atoms with Crippen LogP contribution in [0.5, 0.6) is 0 Å². The van der Waals surface area contributed by atoms with Crippen LogP contribution in [0, 0.1) is 5.92 Å². The molecular weight excluding hydrogens is 244 g/mol. The number of carbonyl (C=O) groups is 2. The molecule has 0 saturated heterocycles. The zero-order valence-corrected chi connectivity index (χ0v) is 9.74. The third kappa shape index (κ3) is 2.90. The summed E-state index contributed by atoms with van der Waals surface area (Å²) in [4.78, 5) is 22.5. The van der Waals surface area contributed by atoms with Gasteiger partial charge in [0.15, 0.2) is 0 Å². The average molecular weight is 256 g/mol. The molecule has 1 aromatic rings. The zero-order chi connectivity index (χ0) is 12.3. The van der Waals surface area contributed by atoms with Crippen molar-refractivity contribution in [3.8, 4) is 0 Å². The van der Waals surface area contributed by atoms with Gasteiger partial charge in [-0.05, 0) is 12.8 Å². The second-order valence-electron chi connectivity index (χ2n) is 3.82. The monoisotopic (exact) mass is 256 g/mol. The van der Waals surface area contributed by atoms with E-state index in [1.165, 1.54) is 16.8 Å². The fraction of sp³-hybridized carbons (Fsp3) is 0.556. The number of carbonyl (C=O) groups excluding carboxylic acids is 1. The smallest absolute Gasteiger partial charge is 0.321 e. The number of aliphatic carboxylic acids is 1. The molecule has 1 aliphatic rings. The molecule has 0 radical (unpaired) electrons. The first-order valence-corrected chi connectivity index (χ1v) is 6.11. The number of carboxylic acids is 1. The number of hydrogen-bond acceptors (Lipinski definition) is 5. The summed E-state index contributed by atoms with van der Waals surface area (Å²) in [5, 5.41) is 21.8. The molecule has 1 aliphatic carbocycles. The maximum Gasteiger partial charge on any atom is 0.321 e.